The van der Waals surface area contributed by atoms with Gasteiger partial charge in [0.05, 0.1) is 31.1 Å². The average molecular weight is 417 g/mol. The second kappa shape index (κ2) is 8.90. The minimum absolute atomic E-state index is 0.126. The van der Waals surface area contributed by atoms with Crippen LogP contribution in [-0.4, -0.2) is 67.8 Å². The Hall–Kier alpha value is -1.15. The maximum atomic E-state index is 12.9. The number of carbonyl (C=O) groups is 1. The molecule has 1 aromatic rings. The molecule has 8 heteroatoms. The van der Waals surface area contributed by atoms with Gasteiger partial charge in [-0.05, 0) is 52.8 Å². The first-order valence-corrected chi connectivity index (χ1v) is 11.3. The number of rotatable bonds is 6. The van der Waals surface area contributed by atoms with E-state index < -0.39 is 10.0 Å². The van der Waals surface area contributed by atoms with Crippen molar-refractivity contribution in [2.24, 2.45) is 0 Å². The van der Waals surface area contributed by atoms with Gasteiger partial charge in [-0.3, -0.25) is 4.79 Å². The Morgan fingerprint density at radius 3 is 2.15 bits per heavy atom. The third-order valence-electron chi connectivity index (χ3n) is 5.15. The van der Waals surface area contributed by atoms with Crippen molar-refractivity contribution in [1.82, 2.24) is 9.21 Å². The number of benzene rings is 1. The van der Waals surface area contributed by atoms with Crippen molar-refractivity contribution in [2.45, 2.75) is 57.6 Å². The molecule has 0 aliphatic carbocycles. The first kappa shape index (κ1) is 22.1. The van der Waals surface area contributed by atoms with Crippen LogP contribution in [0.5, 0.6) is 0 Å². The zero-order chi connectivity index (χ0) is 20.4. The predicted octanol–water partition coefficient (Wildman–Crippen LogP) is 1.26. The first-order chi connectivity index (χ1) is 12.6. The van der Waals surface area contributed by atoms with Gasteiger partial charge >= 0.3 is 0 Å². The van der Waals surface area contributed by atoms with E-state index >= 15 is 0 Å². The molecule has 1 saturated heterocycles. The number of piperazine rings is 1. The number of hydrogen-bond donors (Lipinski definition) is 1. The predicted molar refractivity (Wildman–Crippen MR) is 107 cm³/mol. The fraction of sp³-hybridized carbons (Fsp3) is 0.632. The third-order valence-corrected chi connectivity index (χ3v) is 7.28. The van der Waals surface area contributed by atoms with Crippen LogP contribution in [0, 0.1) is 0 Å². The summed E-state index contributed by atoms with van der Waals surface area (Å²) in [4.78, 5) is 16.2. The summed E-state index contributed by atoms with van der Waals surface area (Å²) >= 11 is 5.94. The zero-order valence-electron chi connectivity index (χ0n) is 16.8. The van der Waals surface area contributed by atoms with Gasteiger partial charge in [0.25, 0.3) is 5.91 Å². The van der Waals surface area contributed by atoms with Crippen LogP contribution in [0.3, 0.4) is 0 Å². The highest BCUT2D eigenvalue weighted by Crippen LogP contribution is 2.19. The summed E-state index contributed by atoms with van der Waals surface area (Å²) < 4.78 is 27.1. The normalized spacial score (nSPS) is 18.1. The summed E-state index contributed by atoms with van der Waals surface area (Å²) in [6.45, 7) is 12.0. The van der Waals surface area contributed by atoms with Crippen LogP contribution in [0.4, 0.5) is 0 Å². The van der Waals surface area contributed by atoms with E-state index in [0.29, 0.717) is 31.2 Å². The molecule has 1 aromatic carbocycles. The van der Waals surface area contributed by atoms with E-state index in [1.807, 2.05) is 39.5 Å². The van der Waals surface area contributed by atoms with E-state index in [1.165, 1.54) is 10.4 Å². The van der Waals surface area contributed by atoms with E-state index in [-0.39, 0.29) is 28.9 Å². The Morgan fingerprint density at radius 2 is 1.67 bits per heavy atom. The Labute approximate surface area is 168 Å². The summed E-state index contributed by atoms with van der Waals surface area (Å²) in [6, 6.07) is 6.44. The first-order valence-electron chi connectivity index (χ1n) is 9.48. The lowest BCUT2D eigenvalue weighted by Gasteiger charge is -2.38. The van der Waals surface area contributed by atoms with E-state index in [0.717, 1.165) is 4.90 Å². The number of halogens is 1. The fourth-order valence-electron chi connectivity index (χ4n) is 3.73. The number of hydrogen-bond acceptors (Lipinski definition) is 3. The second-order valence-corrected chi connectivity index (χ2v) is 10.0. The van der Waals surface area contributed by atoms with Crippen molar-refractivity contribution in [3.8, 4) is 0 Å². The summed E-state index contributed by atoms with van der Waals surface area (Å²) in [5, 5.41) is 0.405. The summed E-state index contributed by atoms with van der Waals surface area (Å²) in [5.74, 6) is 0.126. The number of carbonyl (C=O) groups excluding carboxylic acids is 1. The average Bonchev–Trinajstić information content (AvgIpc) is 2.60. The summed E-state index contributed by atoms with van der Waals surface area (Å²) in [7, 11) is -3.56. The van der Waals surface area contributed by atoms with Gasteiger partial charge < -0.3 is 9.80 Å². The van der Waals surface area contributed by atoms with Gasteiger partial charge in [-0.15, -0.1) is 0 Å². The molecule has 0 bridgehead atoms. The van der Waals surface area contributed by atoms with Crippen molar-refractivity contribution in [1.29, 1.82) is 0 Å². The van der Waals surface area contributed by atoms with Crippen LogP contribution in [0.1, 0.15) is 34.6 Å². The molecule has 0 spiro atoms. The van der Waals surface area contributed by atoms with Gasteiger partial charge in [-0.2, -0.15) is 4.31 Å². The lowest BCUT2D eigenvalue weighted by Crippen LogP contribution is -3.19. The quantitative estimate of drug-likeness (QED) is 0.759. The molecule has 27 heavy (non-hydrogen) atoms. The number of nitrogens with zero attached hydrogens (tertiary/aromatic N) is 2. The maximum absolute atomic E-state index is 12.9. The minimum Gasteiger partial charge on any atom is -0.333 e. The van der Waals surface area contributed by atoms with Crippen molar-refractivity contribution in [3.63, 3.8) is 0 Å². The van der Waals surface area contributed by atoms with Gasteiger partial charge in [0.15, 0.2) is 6.04 Å². The second-order valence-electron chi connectivity index (χ2n) is 7.67. The standard InChI is InChI=1S/C19H30ClN3O3S/c1-14(2)23(15(3)4)19(24)16(5)21-9-11-22(12-10-21)27(25,26)18-8-6-7-17(20)13-18/h6-8,13-16H,9-12H2,1-5H3/p+1/t16-/m0/s1. The van der Waals surface area contributed by atoms with Crippen LogP contribution >= 0.6 is 11.6 Å². The molecule has 0 saturated carbocycles. The molecule has 1 atom stereocenters. The van der Waals surface area contributed by atoms with Gasteiger partial charge in [-0.1, -0.05) is 17.7 Å². The van der Waals surface area contributed by atoms with Crippen molar-refractivity contribution in [3.05, 3.63) is 29.3 Å². The molecule has 1 amide bonds. The molecule has 0 unspecified atom stereocenters. The molecule has 2 rings (SSSR count). The molecule has 1 N–H and O–H groups in total. The number of nitrogens with one attached hydrogen (secondary N) is 1. The monoisotopic (exact) mass is 416 g/mol. The number of amides is 1. The van der Waals surface area contributed by atoms with Gasteiger partial charge in [0.1, 0.15) is 0 Å². The lowest BCUT2D eigenvalue weighted by molar-refractivity contribution is -0.918. The van der Waals surface area contributed by atoms with E-state index in [4.69, 9.17) is 11.6 Å². The molecule has 152 valence electrons. The van der Waals surface area contributed by atoms with Crippen LogP contribution in [0.25, 0.3) is 0 Å². The SMILES string of the molecule is CC(C)N(C(=O)[C@H](C)[NH+]1CCN(S(=O)(=O)c2cccc(Cl)c2)CC1)C(C)C. The van der Waals surface area contributed by atoms with Crippen molar-refractivity contribution >= 4 is 27.5 Å². The minimum atomic E-state index is -3.56. The van der Waals surface area contributed by atoms with Crippen LogP contribution in [0.2, 0.25) is 5.02 Å². The van der Waals surface area contributed by atoms with Gasteiger partial charge in [0, 0.05) is 17.1 Å². The smallest absolute Gasteiger partial charge is 0.281 e. The Morgan fingerprint density at radius 1 is 1.11 bits per heavy atom. The van der Waals surface area contributed by atoms with E-state index in [1.54, 1.807) is 18.2 Å². The highest BCUT2D eigenvalue weighted by Gasteiger charge is 2.37. The molecule has 1 fully saturated rings. The molecular formula is C19H31ClN3O3S+. The van der Waals surface area contributed by atoms with Gasteiger partial charge in [-0.25, -0.2) is 8.42 Å². The van der Waals surface area contributed by atoms with Crippen LogP contribution in [0.15, 0.2) is 29.2 Å². The third kappa shape index (κ3) is 5.02. The molecule has 1 aliphatic heterocycles. The molecule has 6 nitrogen and oxygen atoms in total. The van der Waals surface area contributed by atoms with Crippen molar-refractivity contribution < 1.29 is 18.1 Å². The highest BCUT2D eigenvalue weighted by atomic mass is 35.5. The topological polar surface area (TPSA) is 62.1 Å². The highest BCUT2D eigenvalue weighted by molar-refractivity contribution is 7.89. The Kier molecular flexibility index (Phi) is 7.30. The lowest BCUT2D eigenvalue weighted by atomic mass is 10.1. The largest absolute Gasteiger partial charge is 0.333 e. The molecule has 0 radical (unpaired) electrons. The molecular weight excluding hydrogens is 386 g/mol. The van der Waals surface area contributed by atoms with Gasteiger partial charge in [0.2, 0.25) is 10.0 Å². The Balaban J connectivity index is 2.05. The number of sulfonamides is 1. The molecule has 1 heterocycles. The van der Waals surface area contributed by atoms with E-state index in [2.05, 4.69) is 0 Å². The Bertz CT molecular complexity index is 751. The molecule has 1 aliphatic rings. The number of quaternary nitrogens is 1. The van der Waals surface area contributed by atoms with E-state index in [9.17, 15) is 13.2 Å². The summed E-state index contributed by atoms with van der Waals surface area (Å²) in [5.41, 5.74) is 0. The van der Waals surface area contributed by atoms with Crippen LogP contribution in [-0.2, 0) is 14.8 Å². The molecule has 0 aromatic heterocycles. The summed E-state index contributed by atoms with van der Waals surface area (Å²) in [6.07, 6.45) is 0. The van der Waals surface area contributed by atoms with Crippen LogP contribution < -0.4 is 4.90 Å². The maximum Gasteiger partial charge on any atom is 0.281 e. The zero-order valence-corrected chi connectivity index (χ0v) is 18.3. The van der Waals surface area contributed by atoms with Crippen molar-refractivity contribution in [2.75, 3.05) is 26.2 Å². The fourth-order valence-corrected chi connectivity index (χ4v) is 5.47.